The number of carbonyl (C=O) groups is 2. The maximum absolute atomic E-state index is 11.4. The minimum absolute atomic E-state index is 0.165. The molecular weight excluding hydrogens is 166 g/mol. The molecule has 0 saturated heterocycles. The zero-order chi connectivity index (χ0) is 9.64. The first-order chi connectivity index (χ1) is 6.03. The van der Waals surface area contributed by atoms with Gasteiger partial charge in [0.25, 0.3) is 11.8 Å². The molecule has 13 heavy (non-hydrogen) atoms. The van der Waals surface area contributed by atoms with E-state index in [1.54, 1.807) is 0 Å². The first kappa shape index (κ1) is 8.48. The lowest BCUT2D eigenvalue weighted by Gasteiger charge is -2.33. The predicted molar refractivity (Wildman–Crippen MR) is 47.8 cm³/mol. The second-order valence-electron chi connectivity index (χ2n) is 4.27. The van der Waals surface area contributed by atoms with Crippen LogP contribution in [0.1, 0.15) is 26.7 Å². The van der Waals surface area contributed by atoms with Crippen LogP contribution in [0.25, 0.3) is 0 Å². The van der Waals surface area contributed by atoms with Gasteiger partial charge in [0.2, 0.25) is 0 Å². The van der Waals surface area contributed by atoms with Crippen molar-refractivity contribution in [1.29, 1.82) is 0 Å². The standard InChI is InChI=1S/C10H13NO2/c1-10(2,7-3-4-7)11-8(12)5-6-9(11)13/h5-7H,3-4H2,1-2H3. The molecule has 0 spiro atoms. The SMILES string of the molecule is CC(C)(C1CC1)N1C(=O)C=CC1=O. The maximum Gasteiger partial charge on any atom is 0.254 e. The Bertz CT molecular complexity index is 282. The summed E-state index contributed by atoms with van der Waals surface area (Å²) in [5.41, 5.74) is -0.294. The fourth-order valence-electron chi connectivity index (χ4n) is 1.94. The molecule has 0 atom stereocenters. The van der Waals surface area contributed by atoms with Crippen LogP contribution in [0.15, 0.2) is 12.2 Å². The van der Waals surface area contributed by atoms with Crippen LogP contribution in [0, 0.1) is 5.92 Å². The molecule has 3 nitrogen and oxygen atoms in total. The summed E-state index contributed by atoms with van der Waals surface area (Å²) in [4.78, 5) is 24.1. The van der Waals surface area contributed by atoms with Gasteiger partial charge in [-0.1, -0.05) is 0 Å². The van der Waals surface area contributed by atoms with Crippen LogP contribution < -0.4 is 0 Å². The lowest BCUT2D eigenvalue weighted by atomic mass is 9.96. The van der Waals surface area contributed by atoms with Crippen molar-refractivity contribution in [2.45, 2.75) is 32.2 Å². The largest absolute Gasteiger partial charge is 0.269 e. The van der Waals surface area contributed by atoms with Gasteiger partial charge >= 0.3 is 0 Å². The van der Waals surface area contributed by atoms with Gasteiger partial charge in [0.15, 0.2) is 0 Å². The number of rotatable bonds is 2. The normalized spacial score (nSPS) is 23.1. The molecular formula is C10H13NO2. The Morgan fingerprint density at radius 1 is 1.23 bits per heavy atom. The number of hydrogen-bond acceptors (Lipinski definition) is 2. The van der Waals surface area contributed by atoms with E-state index in [0.717, 1.165) is 12.8 Å². The fraction of sp³-hybridized carbons (Fsp3) is 0.600. The predicted octanol–water partition coefficient (Wildman–Crippen LogP) is 1.10. The molecule has 1 aliphatic heterocycles. The van der Waals surface area contributed by atoms with Crippen LogP contribution in [0.3, 0.4) is 0 Å². The average molecular weight is 179 g/mol. The van der Waals surface area contributed by atoms with Crippen LogP contribution in [0.2, 0.25) is 0 Å². The zero-order valence-corrected chi connectivity index (χ0v) is 7.91. The molecule has 2 amide bonds. The summed E-state index contributed by atoms with van der Waals surface area (Å²) in [5, 5.41) is 0. The summed E-state index contributed by atoms with van der Waals surface area (Å²) >= 11 is 0. The second kappa shape index (κ2) is 2.44. The Labute approximate surface area is 77.4 Å². The summed E-state index contributed by atoms with van der Waals surface area (Å²) in [6.07, 6.45) is 4.97. The van der Waals surface area contributed by atoms with Crippen molar-refractivity contribution in [1.82, 2.24) is 4.90 Å². The topological polar surface area (TPSA) is 37.4 Å². The van der Waals surface area contributed by atoms with Gasteiger partial charge in [-0.05, 0) is 32.6 Å². The number of imide groups is 1. The minimum atomic E-state index is -0.294. The zero-order valence-electron chi connectivity index (χ0n) is 7.91. The summed E-state index contributed by atoms with van der Waals surface area (Å²) in [6.45, 7) is 3.93. The molecule has 1 saturated carbocycles. The van der Waals surface area contributed by atoms with Gasteiger partial charge in [0, 0.05) is 17.7 Å². The Kier molecular flexibility index (Phi) is 1.59. The van der Waals surface area contributed by atoms with E-state index in [1.165, 1.54) is 17.1 Å². The van der Waals surface area contributed by atoms with E-state index < -0.39 is 0 Å². The van der Waals surface area contributed by atoms with Crippen molar-refractivity contribution in [2.24, 2.45) is 5.92 Å². The Hall–Kier alpha value is -1.12. The molecule has 0 N–H and O–H groups in total. The number of carbonyl (C=O) groups excluding carboxylic acids is 2. The second-order valence-corrected chi connectivity index (χ2v) is 4.27. The van der Waals surface area contributed by atoms with Crippen molar-refractivity contribution in [3.05, 3.63) is 12.2 Å². The van der Waals surface area contributed by atoms with Gasteiger partial charge in [-0.3, -0.25) is 14.5 Å². The first-order valence-corrected chi connectivity index (χ1v) is 4.59. The molecule has 1 aliphatic carbocycles. The third kappa shape index (κ3) is 1.19. The summed E-state index contributed by atoms with van der Waals surface area (Å²) in [5.74, 6) is 0.170. The summed E-state index contributed by atoms with van der Waals surface area (Å²) in [7, 11) is 0. The molecule has 1 fully saturated rings. The van der Waals surface area contributed by atoms with E-state index >= 15 is 0 Å². The van der Waals surface area contributed by atoms with Crippen molar-refractivity contribution in [3.8, 4) is 0 Å². The molecule has 2 aliphatic rings. The quantitative estimate of drug-likeness (QED) is 0.595. The molecule has 0 aromatic heterocycles. The van der Waals surface area contributed by atoms with E-state index in [-0.39, 0.29) is 17.4 Å². The summed E-state index contributed by atoms with van der Waals surface area (Å²) in [6, 6.07) is 0. The lowest BCUT2D eigenvalue weighted by molar-refractivity contribution is -0.143. The van der Waals surface area contributed by atoms with Gasteiger partial charge in [0.05, 0.1) is 0 Å². The van der Waals surface area contributed by atoms with E-state index in [1.807, 2.05) is 13.8 Å². The van der Waals surface area contributed by atoms with E-state index in [0.29, 0.717) is 5.92 Å². The molecule has 0 radical (unpaired) electrons. The average Bonchev–Trinajstić information content (AvgIpc) is 2.79. The molecule has 1 heterocycles. The third-order valence-electron chi connectivity index (χ3n) is 2.96. The number of hydrogen-bond donors (Lipinski definition) is 0. The van der Waals surface area contributed by atoms with Crippen molar-refractivity contribution >= 4 is 11.8 Å². The number of nitrogens with zero attached hydrogens (tertiary/aromatic N) is 1. The Balaban J connectivity index is 2.24. The van der Waals surface area contributed by atoms with Gasteiger partial charge in [-0.2, -0.15) is 0 Å². The fourth-order valence-corrected chi connectivity index (χ4v) is 1.94. The van der Waals surface area contributed by atoms with Crippen LogP contribution in [-0.4, -0.2) is 22.3 Å². The smallest absolute Gasteiger partial charge is 0.254 e. The molecule has 3 heteroatoms. The van der Waals surface area contributed by atoms with Gasteiger partial charge in [0.1, 0.15) is 0 Å². The third-order valence-corrected chi connectivity index (χ3v) is 2.96. The number of amides is 2. The van der Waals surface area contributed by atoms with E-state index in [2.05, 4.69) is 0 Å². The van der Waals surface area contributed by atoms with Crippen molar-refractivity contribution < 1.29 is 9.59 Å². The maximum atomic E-state index is 11.4. The van der Waals surface area contributed by atoms with Crippen LogP contribution >= 0.6 is 0 Å². The molecule has 0 bridgehead atoms. The van der Waals surface area contributed by atoms with Crippen molar-refractivity contribution in [2.75, 3.05) is 0 Å². The lowest BCUT2D eigenvalue weighted by Crippen LogP contribution is -2.49. The van der Waals surface area contributed by atoms with Crippen LogP contribution in [-0.2, 0) is 9.59 Å². The molecule has 0 aromatic carbocycles. The van der Waals surface area contributed by atoms with E-state index in [9.17, 15) is 9.59 Å². The summed E-state index contributed by atoms with van der Waals surface area (Å²) < 4.78 is 0. The Morgan fingerprint density at radius 3 is 2.08 bits per heavy atom. The molecule has 70 valence electrons. The van der Waals surface area contributed by atoms with Crippen LogP contribution in [0.4, 0.5) is 0 Å². The van der Waals surface area contributed by atoms with Gasteiger partial charge in [-0.25, -0.2) is 0 Å². The molecule has 0 aromatic rings. The van der Waals surface area contributed by atoms with Crippen LogP contribution in [0.5, 0.6) is 0 Å². The van der Waals surface area contributed by atoms with Gasteiger partial charge in [-0.15, -0.1) is 0 Å². The van der Waals surface area contributed by atoms with Gasteiger partial charge < -0.3 is 0 Å². The highest BCUT2D eigenvalue weighted by Crippen LogP contribution is 2.43. The molecule has 0 unspecified atom stereocenters. The van der Waals surface area contributed by atoms with E-state index in [4.69, 9.17) is 0 Å². The van der Waals surface area contributed by atoms with Crippen molar-refractivity contribution in [3.63, 3.8) is 0 Å². The highest BCUT2D eigenvalue weighted by atomic mass is 16.2. The highest BCUT2D eigenvalue weighted by molar-refractivity contribution is 6.13. The Morgan fingerprint density at radius 2 is 1.69 bits per heavy atom. The monoisotopic (exact) mass is 179 g/mol. The minimum Gasteiger partial charge on any atom is -0.269 e. The molecule has 2 rings (SSSR count). The first-order valence-electron chi connectivity index (χ1n) is 4.59. The highest BCUT2D eigenvalue weighted by Gasteiger charge is 2.47.